The Bertz CT molecular complexity index is 483. The number of primary amides is 1. The van der Waals surface area contributed by atoms with Crippen molar-refractivity contribution in [2.75, 3.05) is 18.0 Å². The predicted molar refractivity (Wildman–Crippen MR) is 76.3 cm³/mol. The number of hydrogen-bond acceptors (Lipinski definition) is 4. The number of nitrogens with zero attached hydrogens (tertiary/aromatic N) is 2. The highest BCUT2D eigenvalue weighted by atomic mass is 16.1. The molecular weight excluding hydrogens is 240 g/mol. The minimum atomic E-state index is -0.415. The summed E-state index contributed by atoms with van der Waals surface area (Å²) in [5, 5.41) is 0. The number of nitrogens with two attached hydrogens (primary N) is 2. The molecule has 0 unspecified atom stereocenters. The molecule has 2 rings (SSSR count). The van der Waals surface area contributed by atoms with E-state index in [-0.39, 0.29) is 0 Å². The van der Waals surface area contributed by atoms with Gasteiger partial charge in [-0.15, -0.1) is 0 Å². The van der Waals surface area contributed by atoms with E-state index in [4.69, 9.17) is 11.5 Å². The van der Waals surface area contributed by atoms with E-state index >= 15 is 0 Å². The first-order valence-electron chi connectivity index (χ1n) is 6.79. The topological polar surface area (TPSA) is 85.2 Å². The van der Waals surface area contributed by atoms with E-state index in [0.717, 1.165) is 24.1 Å². The first-order valence-corrected chi connectivity index (χ1v) is 6.79. The molecule has 1 amide bonds. The Kier molecular flexibility index (Phi) is 4.04. The van der Waals surface area contributed by atoms with Crippen LogP contribution in [0, 0.1) is 13.8 Å². The Hall–Kier alpha value is -1.62. The summed E-state index contributed by atoms with van der Waals surface area (Å²) in [5.74, 6) is 0.293. The lowest BCUT2D eigenvalue weighted by molar-refractivity contribution is 0.0999. The predicted octanol–water partition coefficient (Wildman–Crippen LogP) is 1.11. The summed E-state index contributed by atoms with van der Waals surface area (Å²) in [4.78, 5) is 18.4. The summed E-state index contributed by atoms with van der Waals surface area (Å²) in [6, 6.07) is 2.33. The lowest BCUT2D eigenvalue weighted by Crippen LogP contribution is -2.44. The van der Waals surface area contributed by atoms with Crippen LogP contribution in [0.15, 0.2) is 6.07 Å². The number of rotatable bonds is 5. The van der Waals surface area contributed by atoms with E-state index in [1.165, 1.54) is 6.42 Å². The van der Waals surface area contributed by atoms with Crippen molar-refractivity contribution in [1.29, 1.82) is 0 Å². The molecule has 0 aliphatic heterocycles. The molecule has 1 aliphatic carbocycles. The van der Waals surface area contributed by atoms with Gasteiger partial charge in [0.1, 0.15) is 5.82 Å². The Morgan fingerprint density at radius 2 is 2.16 bits per heavy atom. The number of hydrogen-bond donors (Lipinski definition) is 2. The maximum Gasteiger partial charge on any atom is 0.252 e. The number of aryl methyl sites for hydroxylation is 2. The first-order chi connectivity index (χ1) is 9.04. The molecule has 4 N–H and O–H groups in total. The Labute approximate surface area is 114 Å². The third-order valence-electron chi connectivity index (χ3n) is 3.73. The molecule has 1 saturated carbocycles. The molecule has 0 atom stereocenters. The highest BCUT2D eigenvalue weighted by molar-refractivity contribution is 5.99. The second-order valence-electron chi connectivity index (χ2n) is 5.21. The summed E-state index contributed by atoms with van der Waals surface area (Å²) in [6.07, 6.45) is 3.49. The standard InChI is InChI=1S/C14H22N4O/c1-9-8-10(2)17-14(12(9)13(16)19)18(7-6-15)11-4-3-5-11/h8,11H,3-7,15H2,1-2H3,(H2,16,19). The normalized spacial score (nSPS) is 15.1. The molecule has 104 valence electrons. The van der Waals surface area contributed by atoms with Gasteiger partial charge in [0.15, 0.2) is 0 Å². The maximum absolute atomic E-state index is 11.7. The van der Waals surface area contributed by atoms with Gasteiger partial charge in [-0.3, -0.25) is 4.79 Å². The van der Waals surface area contributed by atoms with Gasteiger partial charge in [0.05, 0.1) is 5.56 Å². The van der Waals surface area contributed by atoms with Gasteiger partial charge < -0.3 is 16.4 Å². The molecule has 1 fully saturated rings. The van der Waals surface area contributed by atoms with E-state index in [2.05, 4.69) is 9.88 Å². The molecule has 0 spiro atoms. The summed E-state index contributed by atoms with van der Waals surface area (Å²) in [5.41, 5.74) is 13.5. The molecular formula is C14H22N4O. The highest BCUT2D eigenvalue weighted by Gasteiger charge is 2.29. The van der Waals surface area contributed by atoms with Gasteiger partial charge in [-0.05, 0) is 44.7 Å². The third kappa shape index (κ3) is 2.71. The zero-order valence-electron chi connectivity index (χ0n) is 11.6. The van der Waals surface area contributed by atoms with Crippen LogP contribution < -0.4 is 16.4 Å². The van der Waals surface area contributed by atoms with Crippen molar-refractivity contribution in [2.24, 2.45) is 11.5 Å². The Morgan fingerprint density at radius 1 is 1.47 bits per heavy atom. The van der Waals surface area contributed by atoms with Crippen LogP contribution in [0.5, 0.6) is 0 Å². The van der Waals surface area contributed by atoms with Crippen LogP contribution in [-0.2, 0) is 0 Å². The molecule has 1 aromatic rings. The number of carbonyl (C=O) groups is 1. The van der Waals surface area contributed by atoms with E-state index in [1.807, 2.05) is 19.9 Å². The van der Waals surface area contributed by atoms with E-state index < -0.39 is 5.91 Å². The van der Waals surface area contributed by atoms with E-state index in [1.54, 1.807) is 0 Å². The van der Waals surface area contributed by atoms with E-state index in [9.17, 15) is 4.79 Å². The number of anilines is 1. The zero-order chi connectivity index (χ0) is 14.0. The molecule has 0 radical (unpaired) electrons. The van der Waals surface area contributed by atoms with Crippen molar-refractivity contribution in [3.8, 4) is 0 Å². The summed E-state index contributed by atoms with van der Waals surface area (Å²) < 4.78 is 0. The quantitative estimate of drug-likeness (QED) is 0.832. The Morgan fingerprint density at radius 3 is 2.63 bits per heavy atom. The van der Waals surface area contributed by atoms with Crippen LogP contribution in [0.1, 0.15) is 40.9 Å². The lowest BCUT2D eigenvalue weighted by atomic mass is 9.91. The molecule has 0 saturated heterocycles. The molecule has 5 nitrogen and oxygen atoms in total. The smallest absolute Gasteiger partial charge is 0.252 e. The van der Waals surface area contributed by atoms with Crippen LogP contribution in [0.4, 0.5) is 5.82 Å². The van der Waals surface area contributed by atoms with E-state index in [0.29, 0.717) is 30.5 Å². The fourth-order valence-electron chi connectivity index (χ4n) is 2.63. The van der Waals surface area contributed by atoms with Gasteiger partial charge in [0.25, 0.3) is 5.91 Å². The van der Waals surface area contributed by atoms with Gasteiger partial charge in [0.2, 0.25) is 0 Å². The fraction of sp³-hybridized carbons (Fsp3) is 0.571. The molecule has 5 heteroatoms. The molecule has 19 heavy (non-hydrogen) atoms. The van der Waals surface area contributed by atoms with Crippen molar-refractivity contribution in [3.05, 3.63) is 22.9 Å². The average Bonchev–Trinajstić information content (AvgIpc) is 2.24. The van der Waals surface area contributed by atoms with Crippen LogP contribution in [0.3, 0.4) is 0 Å². The number of pyridine rings is 1. The van der Waals surface area contributed by atoms with Crippen molar-refractivity contribution in [1.82, 2.24) is 4.98 Å². The van der Waals surface area contributed by atoms with Crippen molar-refractivity contribution in [3.63, 3.8) is 0 Å². The second-order valence-corrected chi connectivity index (χ2v) is 5.21. The zero-order valence-corrected chi connectivity index (χ0v) is 11.6. The summed E-state index contributed by atoms with van der Waals surface area (Å²) in [7, 11) is 0. The van der Waals surface area contributed by atoms with Crippen molar-refractivity contribution in [2.45, 2.75) is 39.2 Å². The summed E-state index contributed by atoms with van der Waals surface area (Å²) >= 11 is 0. The monoisotopic (exact) mass is 262 g/mol. The average molecular weight is 262 g/mol. The second kappa shape index (κ2) is 5.57. The largest absolute Gasteiger partial charge is 0.365 e. The lowest BCUT2D eigenvalue weighted by Gasteiger charge is -2.39. The van der Waals surface area contributed by atoms with Gasteiger partial charge in [0, 0.05) is 24.8 Å². The molecule has 0 bridgehead atoms. The van der Waals surface area contributed by atoms with Crippen LogP contribution >= 0.6 is 0 Å². The van der Waals surface area contributed by atoms with Gasteiger partial charge >= 0.3 is 0 Å². The van der Waals surface area contributed by atoms with Crippen molar-refractivity contribution >= 4 is 11.7 Å². The van der Waals surface area contributed by atoms with Crippen LogP contribution in [0.2, 0.25) is 0 Å². The molecule has 1 heterocycles. The Balaban J connectivity index is 2.47. The van der Waals surface area contributed by atoms with Crippen LogP contribution in [-0.4, -0.2) is 30.0 Å². The fourth-order valence-corrected chi connectivity index (χ4v) is 2.63. The highest BCUT2D eigenvalue weighted by Crippen LogP contribution is 2.31. The number of carbonyl (C=O) groups excluding carboxylic acids is 1. The number of aromatic nitrogens is 1. The minimum Gasteiger partial charge on any atom is -0.365 e. The molecule has 1 aliphatic rings. The molecule has 0 aromatic carbocycles. The van der Waals surface area contributed by atoms with Crippen molar-refractivity contribution < 1.29 is 4.79 Å². The van der Waals surface area contributed by atoms with Crippen LogP contribution in [0.25, 0.3) is 0 Å². The van der Waals surface area contributed by atoms with Gasteiger partial charge in [-0.25, -0.2) is 4.98 Å². The SMILES string of the molecule is Cc1cc(C)c(C(N)=O)c(N(CCN)C2CCC2)n1. The van der Waals surface area contributed by atoms with Gasteiger partial charge in [-0.2, -0.15) is 0 Å². The summed E-state index contributed by atoms with van der Waals surface area (Å²) in [6.45, 7) is 5.09. The van der Waals surface area contributed by atoms with Gasteiger partial charge in [-0.1, -0.05) is 0 Å². The molecule has 1 aromatic heterocycles. The maximum atomic E-state index is 11.7. The third-order valence-corrected chi connectivity index (χ3v) is 3.73. The number of amides is 1. The first kappa shape index (κ1) is 13.8. The minimum absolute atomic E-state index is 0.415.